The first-order chi connectivity index (χ1) is 8.65. The van der Waals surface area contributed by atoms with E-state index >= 15 is 0 Å². The van der Waals surface area contributed by atoms with Gasteiger partial charge < -0.3 is 5.32 Å². The molecule has 0 saturated heterocycles. The monoisotopic (exact) mass is 325 g/mol. The van der Waals surface area contributed by atoms with Crippen LogP contribution in [0.1, 0.15) is 25.2 Å². The molecule has 0 bridgehead atoms. The molecule has 1 heterocycles. The molecule has 0 radical (unpaired) electrons. The van der Waals surface area contributed by atoms with E-state index in [-0.39, 0.29) is 0 Å². The van der Waals surface area contributed by atoms with Crippen LogP contribution in [0.5, 0.6) is 0 Å². The van der Waals surface area contributed by atoms with Crippen LogP contribution in [0.15, 0.2) is 28.7 Å². The second kappa shape index (κ2) is 6.29. The van der Waals surface area contributed by atoms with E-state index in [0.29, 0.717) is 5.92 Å². The van der Waals surface area contributed by atoms with Gasteiger partial charge in [0.1, 0.15) is 5.82 Å². The molecular weight excluding hydrogens is 310 g/mol. The van der Waals surface area contributed by atoms with Crippen LogP contribution < -0.4 is 5.32 Å². The zero-order valence-electron chi connectivity index (χ0n) is 10.5. The van der Waals surface area contributed by atoms with Gasteiger partial charge in [0, 0.05) is 29.0 Å². The van der Waals surface area contributed by atoms with Crippen molar-refractivity contribution in [2.24, 2.45) is 5.92 Å². The minimum atomic E-state index is 0.612. The fraction of sp³-hybridized carbons (Fsp3) is 0.385. The SMILES string of the molecule is CC(C)CNc1nc(Cc2ccccc2Br)ns1. The Morgan fingerprint density at radius 2 is 2.11 bits per heavy atom. The van der Waals surface area contributed by atoms with Crippen LogP contribution in [0.2, 0.25) is 0 Å². The van der Waals surface area contributed by atoms with Gasteiger partial charge in [-0.2, -0.15) is 4.37 Å². The Labute approximate surface area is 120 Å². The van der Waals surface area contributed by atoms with E-state index in [2.05, 4.69) is 50.5 Å². The van der Waals surface area contributed by atoms with Crippen LogP contribution in [0.25, 0.3) is 0 Å². The number of nitrogens with zero attached hydrogens (tertiary/aromatic N) is 2. The van der Waals surface area contributed by atoms with Crippen molar-refractivity contribution in [3.8, 4) is 0 Å². The highest BCUT2D eigenvalue weighted by Crippen LogP contribution is 2.20. The Morgan fingerprint density at radius 3 is 2.83 bits per heavy atom. The van der Waals surface area contributed by atoms with Gasteiger partial charge in [-0.3, -0.25) is 0 Å². The van der Waals surface area contributed by atoms with Gasteiger partial charge in [-0.05, 0) is 17.5 Å². The van der Waals surface area contributed by atoms with Crippen LogP contribution >= 0.6 is 27.5 Å². The lowest BCUT2D eigenvalue weighted by Crippen LogP contribution is -2.07. The quantitative estimate of drug-likeness (QED) is 0.904. The summed E-state index contributed by atoms with van der Waals surface area (Å²) in [4.78, 5) is 4.49. The maximum atomic E-state index is 4.49. The molecule has 0 amide bonds. The Balaban J connectivity index is 2.00. The third kappa shape index (κ3) is 3.78. The van der Waals surface area contributed by atoms with E-state index in [1.165, 1.54) is 17.1 Å². The zero-order chi connectivity index (χ0) is 13.0. The van der Waals surface area contributed by atoms with Crippen LogP contribution in [-0.4, -0.2) is 15.9 Å². The summed E-state index contributed by atoms with van der Waals surface area (Å²) >= 11 is 4.97. The summed E-state index contributed by atoms with van der Waals surface area (Å²) in [5, 5.41) is 4.21. The van der Waals surface area contributed by atoms with E-state index in [1.54, 1.807) is 0 Å². The third-order valence-corrected chi connectivity index (χ3v) is 3.92. The molecule has 0 aliphatic carbocycles. The lowest BCUT2D eigenvalue weighted by molar-refractivity contribution is 0.688. The largest absolute Gasteiger partial charge is 0.360 e. The average Bonchev–Trinajstić information content (AvgIpc) is 2.77. The number of rotatable bonds is 5. The molecule has 0 fully saturated rings. The van der Waals surface area contributed by atoms with Gasteiger partial charge in [0.25, 0.3) is 0 Å². The molecule has 0 aliphatic heterocycles. The van der Waals surface area contributed by atoms with Gasteiger partial charge in [0.15, 0.2) is 0 Å². The summed E-state index contributed by atoms with van der Waals surface area (Å²) in [5.74, 6) is 1.48. The van der Waals surface area contributed by atoms with Crippen LogP contribution in [-0.2, 0) is 6.42 Å². The lowest BCUT2D eigenvalue weighted by atomic mass is 10.1. The Kier molecular flexibility index (Phi) is 4.72. The van der Waals surface area contributed by atoms with E-state index < -0.39 is 0 Å². The van der Waals surface area contributed by atoms with Crippen molar-refractivity contribution >= 4 is 32.6 Å². The Bertz CT molecular complexity index is 510. The van der Waals surface area contributed by atoms with Gasteiger partial charge in [0.05, 0.1) is 0 Å². The van der Waals surface area contributed by atoms with Gasteiger partial charge in [0.2, 0.25) is 5.13 Å². The number of halogens is 1. The first-order valence-electron chi connectivity index (χ1n) is 5.95. The molecule has 1 aromatic heterocycles. The molecular formula is C13H16BrN3S. The van der Waals surface area contributed by atoms with Gasteiger partial charge in [-0.15, -0.1) is 0 Å². The van der Waals surface area contributed by atoms with Crippen LogP contribution in [0, 0.1) is 5.92 Å². The molecule has 1 aromatic carbocycles. The van der Waals surface area contributed by atoms with E-state index in [0.717, 1.165) is 28.4 Å². The molecule has 3 nitrogen and oxygen atoms in total. The van der Waals surface area contributed by atoms with E-state index in [9.17, 15) is 0 Å². The topological polar surface area (TPSA) is 37.8 Å². The fourth-order valence-electron chi connectivity index (χ4n) is 1.50. The molecule has 2 rings (SSSR count). The highest BCUT2D eigenvalue weighted by Gasteiger charge is 2.07. The predicted octanol–water partition coefficient (Wildman–Crippen LogP) is 3.96. The van der Waals surface area contributed by atoms with Gasteiger partial charge >= 0.3 is 0 Å². The average molecular weight is 326 g/mol. The summed E-state index contributed by atoms with van der Waals surface area (Å²) in [6.45, 7) is 5.29. The molecule has 96 valence electrons. The second-order valence-electron chi connectivity index (χ2n) is 4.56. The van der Waals surface area contributed by atoms with Crippen LogP contribution in [0.3, 0.4) is 0 Å². The first-order valence-corrected chi connectivity index (χ1v) is 7.51. The standard InChI is InChI=1S/C13H16BrN3S/c1-9(2)8-15-13-16-12(17-18-13)7-10-5-3-4-6-11(10)14/h3-6,9H,7-8H2,1-2H3,(H,15,16,17). The summed E-state index contributed by atoms with van der Waals surface area (Å²) in [6, 6.07) is 8.17. The number of hydrogen-bond acceptors (Lipinski definition) is 4. The van der Waals surface area contributed by atoms with Crippen LogP contribution in [0.4, 0.5) is 5.13 Å². The van der Waals surface area contributed by atoms with Crippen molar-refractivity contribution in [3.05, 3.63) is 40.1 Å². The summed E-state index contributed by atoms with van der Waals surface area (Å²) in [6.07, 6.45) is 0.765. The van der Waals surface area contributed by atoms with Gasteiger partial charge in [-0.25, -0.2) is 4.98 Å². The molecule has 2 aromatic rings. The minimum absolute atomic E-state index is 0.612. The van der Waals surface area contributed by atoms with Crippen molar-refractivity contribution in [2.45, 2.75) is 20.3 Å². The van der Waals surface area contributed by atoms with Crippen molar-refractivity contribution in [1.29, 1.82) is 0 Å². The maximum absolute atomic E-state index is 4.49. The normalized spacial score (nSPS) is 10.9. The number of hydrogen-bond donors (Lipinski definition) is 1. The molecule has 0 unspecified atom stereocenters. The molecule has 5 heteroatoms. The summed E-state index contributed by atoms with van der Waals surface area (Å²) in [7, 11) is 0. The molecule has 0 spiro atoms. The van der Waals surface area contributed by atoms with Crippen molar-refractivity contribution in [3.63, 3.8) is 0 Å². The number of aromatic nitrogens is 2. The summed E-state index contributed by atoms with van der Waals surface area (Å²) in [5.41, 5.74) is 1.21. The molecule has 0 aliphatic rings. The van der Waals surface area contributed by atoms with Crippen molar-refractivity contribution in [1.82, 2.24) is 9.36 Å². The Morgan fingerprint density at radius 1 is 1.33 bits per heavy atom. The minimum Gasteiger partial charge on any atom is -0.360 e. The molecule has 0 saturated carbocycles. The maximum Gasteiger partial charge on any atom is 0.202 e. The predicted molar refractivity (Wildman–Crippen MR) is 80.2 cm³/mol. The number of anilines is 1. The summed E-state index contributed by atoms with van der Waals surface area (Å²) < 4.78 is 5.49. The highest BCUT2D eigenvalue weighted by atomic mass is 79.9. The first kappa shape index (κ1) is 13.5. The number of benzene rings is 1. The lowest BCUT2D eigenvalue weighted by Gasteiger charge is -2.04. The zero-order valence-corrected chi connectivity index (χ0v) is 12.9. The second-order valence-corrected chi connectivity index (χ2v) is 6.16. The number of nitrogens with one attached hydrogen (secondary N) is 1. The molecule has 0 atom stereocenters. The van der Waals surface area contributed by atoms with E-state index in [4.69, 9.17) is 0 Å². The smallest absolute Gasteiger partial charge is 0.202 e. The highest BCUT2D eigenvalue weighted by molar-refractivity contribution is 9.10. The van der Waals surface area contributed by atoms with Crippen molar-refractivity contribution in [2.75, 3.05) is 11.9 Å². The third-order valence-electron chi connectivity index (χ3n) is 2.44. The van der Waals surface area contributed by atoms with E-state index in [1.807, 2.05) is 18.2 Å². The van der Waals surface area contributed by atoms with Gasteiger partial charge in [-0.1, -0.05) is 48.0 Å². The Hall–Kier alpha value is -0.940. The van der Waals surface area contributed by atoms with Crippen molar-refractivity contribution < 1.29 is 0 Å². The molecule has 1 N–H and O–H groups in total. The fourth-order valence-corrected chi connectivity index (χ4v) is 2.52. The molecule has 18 heavy (non-hydrogen) atoms.